The average molecular weight is 164 g/mol. The molecule has 0 atom stereocenters. The third-order valence-corrected chi connectivity index (χ3v) is 0. The molecule has 0 heterocycles. The van der Waals surface area contributed by atoms with Crippen LogP contribution in [0.4, 0.5) is 7.05 Å². The molecule has 7 heavy (non-hydrogen) atoms. The molecule has 0 radical (unpaired) electrons. The van der Waals surface area contributed by atoms with Gasteiger partial charge in [-0.2, -0.15) is 0 Å². The first-order valence-corrected chi connectivity index (χ1v) is 2.72. The van der Waals surface area contributed by atoms with E-state index in [0.29, 0.717) is 0 Å². The molecular formula is HAl2F2KO2. The summed E-state index contributed by atoms with van der Waals surface area (Å²) in [5.41, 5.74) is 0. The molecule has 0 unspecified atom stereocenters. The van der Waals surface area contributed by atoms with Gasteiger partial charge in [-0.05, 0) is 0 Å². The van der Waals surface area contributed by atoms with E-state index >= 15 is 0 Å². The molecule has 0 aromatic heterocycles. The van der Waals surface area contributed by atoms with Crippen molar-refractivity contribution in [3.05, 3.63) is 0 Å². The fourth-order valence-corrected chi connectivity index (χ4v) is 0. The van der Waals surface area contributed by atoms with Crippen molar-refractivity contribution in [2.75, 3.05) is 0 Å². The van der Waals surface area contributed by atoms with Crippen molar-refractivity contribution in [2.45, 2.75) is 0 Å². The summed E-state index contributed by atoms with van der Waals surface area (Å²) >= 11 is -4.00. The summed E-state index contributed by atoms with van der Waals surface area (Å²) in [6.07, 6.45) is 0. The van der Waals surface area contributed by atoms with Gasteiger partial charge in [-0.25, -0.2) is 0 Å². The maximum absolute atomic E-state index is 9.82. The van der Waals surface area contributed by atoms with Crippen molar-refractivity contribution in [1.82, 2.24) is 0 Å². The molecule has 0 saturated carbocycles. The third kappa shape index (κ3) is 66.3. The van der Waals surface area contributed by atoms with Crippen molar-refractivity contribution in [2.24, 2.45) is 0 Å². The normalized spacial score (nSPS) is 2.57. The van der Waals surface area contributed by atoms with Gasteiger partial charge in [-0.15, -0.1) is 0 Å². The zero-order chi connectivity index (χ0) is 5.41. The second kappa shape index (κ2) is 24.2. The molecule has 0 aromatic carbocycles. The summed E-state index contributed by atoms with van der Waals surface area (Å²) in [6.45, 7) is 0. The van der Waals surface area contributed by atoms with Gasteiger partial charge in [-0.3, -0.25) is 0 Å². The Bertz CT molecular complexity index is 34.7. The monoisotopic (exact) mass is 164 g/mol. The Morgan fingerprint density at radius 3 is 1.00 bits per heavy atom. The van der Waals surface area contributed by atoms with Gasteiger partial charge in [0, 0.05) is 0 Å². The maximum atomic E-state index is 9.82. The van der Waals surface area contributed by atoms with Gasteiger partial charge in [0.1, 0.15) is 0 Å². The Hall–Kier alpha value is 2.16. The molecule has 0 aromatic rings. The summed E-state index contributed by atoms with van der Waals surface area (Å²) < 4.78 is 36.3. The average Bonchev–Trinajstić information content (AvgIpc) is 1.39. The van der Waals surface area contributed by atoms with E-state index < -0.39 is 31.2 Å². The molecule has 0 aliphatic heterocycles. The van der Waals surface area contributed by atoms with Crippen molar-refractivity contribution in [3.63, 3.8) is 0 Å². The van der Waals surface area contributed by atoms with Crippen LogP contribution in [0, 0.1) is 0 Å². The van der Waals surface area contributed by atoms with E-state index in [1.165, 1.54) is 0 Å². The van der Waals surface area contributed by atoms with Gasteiger partial charge in [0.2, 0.25) is 0 Å². The van der Waals surface area contributed by atoms with Crippen LogP contribution in [0.3, 0.4) is 0 Å². The fraction of sp³-hybridized carbons (Fsp3) is 0. The Labute approximate surface area is 95.3 Å². The van der Waals surface area contributed by atoms with E-state index in [9.17, 15) is 7.05 Å². The summed E-state index contributed by atoms with van der Waals surface area (Å²) in [5.74, 6) is 0. The molecule has 0 fully saturated rings. The van der Waals surface area contributed by atoms with Gasteiger partial charge < -0.3 is 0 Å². The second-order valence-electron chi connectivity index (χ2n) is 0.178. The Morgan fingerprint density at radius 1 is 1.00 bits per heavy atom. The fourth-order valence-electron chi connectivity index (χ4n) is 0. The van der Waals surface area contributed by atoms with Crippen LogP contribution in [0.2, 0.25) is 0 Å². The number of halogens is 2. The van der Waals surface area contributed by atoms with Crippen LogP contribution >= 0.6 is 0 Å². The summed E-state index contributed by atoms with van der Waals surface area (Å²) in [6, 6.07) is 0. The minimum absolute atomic E-state index is 0. The van der Waals surface area contributed by atoms with E-state index in [1.807, 2.05) is 0 Å². The van der Waals surface area contributed by atoms with Gasteiger partial charge in [0.05, 0.1) is 0 Å². The van der Waals surface area contributed by atoms with Gasteiger partial charge in [0.15, 0.2) is 0 Å². The van der Waals surface area contributed by atoms with Crippen LogP contribution in [0.15, 0.2) is 0 Å². The molecule has 0 saturated heterocycles. The molecule has 0 rings (SSSR count). The van der Waals surface area contributed by atoms with E-state index in [0.717, 1.165) is 0 Å². The predicted octanol–water partition coefficient (Wildman–Crippen LogP) is -0.807. The van der Waals surface area contributed by atoms with Crippen molar-refractivity contribution < 1.29 is 14.7 Å². The Morgan fingerprint density at radius 2 is 1.00 bits per heavy atom. The first-order valence-electron chi connectivity index (χ1n) is 0.908. The van der Waals surface area contributed by atoms with Crippen LogP contribution in [0.1, 0.15) is 0 Å². The summed E-state index contributed by atoms with van der Waals surface area (Å²) in [4.78, 5) is 0. The van der Waals surface area contributed by atoms with Gasteiger partial charge in [-0.1, -0.05) is 0 Å². The van der Waals surface area contributed by atoms with Crippen LogP contribution in [-0.2, 0) is 7.61 Å². The molecule has 0 aliphatic rings. The first kappa shape index (κ1) is 16.1. The molecule has 0 spiro atoms. The van der Waals surface area contributed by atoms with E-state index in [4.69, 9.17) is 7.61 Å². The molecular weight excluding hydrogens is 163 g/mol. The third-order valence-electron chi connectivity index (χ3n) is 0. The van der Waals surface area contributed by atoms with Crippen LogP contribution < -0.4 is 0 Å². The number of rotatable bonds is 0. The van der Waals surface area contributed by atoms with Crippen molar-refractivity contribution >= 4 is 82.6 Å². The van der Waals surface area contributed by atoms with Gasteiger partial charge >= 0.3 is 97.3 Å². The van der Waals surface area contributed by atoms with Crippen molar-refractivity contribution in [3.8, 4) is 0 Å². The minimum atomic E-state index is -2.00. The Kier molecular flexibility index (Phi) is 55.5. The number of hydrogen-bond donors (Lipinski definition) is 0. The standard InChI is InChI=1S/2Al.2FH.K.2O.H/h;;2*1H;;;;/q2*+1;;;;;;/p-2. The first-order chi connectivity index (χ1) is 2.83. The van der Waals surface area contributed by atoms with Crippen LogP contribution in [-0.4, -0.2) is 82.6 Å². The second-order valence-corrected chi connectivity index (χ2v) is 0.535. The van der Waals surface area contributed by atoms with Crippen LogP contribution in [0.5, 0.6) is 0 Å². The molecule has 2 nitrogen and oxygen atoms in total. The van der Waals surface area contributed by atoms with E-state index in [-0.39, 0.29) is 51.4 Å². The zero-order valence-corrected chi connectivity index (χ0v) is 5.04. The molecule has 34 valence electrons. The SMILES string of the molecule is [KH].[O]=[Al][F].[O]=[Al][F]. The molecule has 7 heteroatoms. The molecule has 0 N–H and O–H groups in total. The summed E-state index contributed by atoms with van der Waals surface area (Å²) in [5, 5.41) is 0. The summed E-state index contributed by atoms with van der Waals surface area (Å²) in [7, 11) is 0. The van der Waals surface area contributed by atoms with Crippen molar-refractivity contribution in [1.29, 1.82) is 0 Å². The Balaban J connectivity index is -0.0000000400. The van der Waals surface area contributed by atoms with Crippen LogP contribution in [0.25, 0.3) is 0 Å². The molecule has 0 amide bonds. The zero-order valence-electron chi connectivity index (χ0n) is 2.73. The number of hydrogen-bond acceptors (Lipinski definition) is 2. The molecule has 0 bridgehead atoms. The van der Waals surface area contributed by atoms with Gasteiger partial charge in [0.25, 0.3) is 0 Å². The van der Waals surface area contributed by atoms with E-state index in [1.54, 1.807) is 0 Å². The topological polar surface area (TPSA) is 34.1 Å². The molecule has 0 aliphatic carbocycles. The predicted molar refractivity (Wildman–Crippen MR) is 22.2 cm³/mol. The quantitative estimate of drug-likeness (QED) is 0.439. The van der Waals surface area contributed by atoms with E-state index in [2.05, 4.69) is 0 Å².